The van der Waals surface area contributed by atoms with Crippen LogP contribution in [-0.2, 0) is 19.1 Å². The Morgan fingerprint density at radius 3 is 2.21 bits per heavy atom. The van der Waals surface area contributed by atoms with E-state index in [2.05, 4.69) is 12.2 Å². The second-order valence-corrected chi connectivity index (χ2v) is 4.26. The van der Waals surface area contributed by atoms with Crippen LogP contribution in [0.15, 0.2) is 0 Å². The quantitative estimate of drug-likeness (QED) is 0.498. The molecule has 0 radical (unpaired) electrons. The van der Waals surface area contributed by atoms with Gasteiger partial charge in [0.05, 0.1) is 6.54 Å². The van der Waals surface area contributed by atoms with E-state index in [1.54, 1.807) is 4.90 Å². The number of rotatable bonds is 9. The number of carbonyl (C=O) groups excluding carboxylic acids is 2. The van der Waals surface area contributed by atoms with E-state index in [1.165, 1.54) is 14.2 Å². The fourth-order valence-electron chi connectivity index (χ4n) is 1.59. The first-order valence-corrected chi connectivity index (χ1v) is 6.73. The number of methoxy groups -OCH3 is 2. The summed E-state index contributed by atoms with van der Waals surface area (Å²) in [5.74, 6) is -1.09. The van der Waals surface area contributed by atoms with Gasteiger partial charge in [-0.1, -0.05) is 20.3 Å². The molecule has 0 aliphatic heterocycles. The number of amides is 2. The predicted octanol–water partition coefficient (Wildman–Crippen LogP) is 0.760. The molecule has 0 aromatic rings. The molecule has 1 N–H and O–H groups in total. The summed E-state index contributed by atoms with van der Waals surface area (Å²) in [4.78, 5) is 25.3. The standard InChI is InChI=1S/C13H26N2O4/c1-5-7-9-15(8-6-2)13(17)12(16)14-10-11(18-3)19-4/h11H,5-10H2,1-4H3,(H,14,16). The van der Waals surface area contributed by atoms with Gasteiger partial charge in [0, 0.05) is 27.3 Å². The Labute approximate surface area is 115 Å². The van der Waals surface area contributed by atoms with E-state index in [9.17, 15) is 9.59 Å². The number of hydrogen-bond acceptors (Lipinski definition) is 4. The molecule has 0 bridgehead atoms. The van der Waals surface area contributed by atoms with Crippen LogP contribution >= 0.6 is 0 Å². The zero-order chi connectivity index (χ0) is 14.7. The van der Waals surface area contributed by atoms with Gasteiger partial charge in [-0.25, -0.2) is 0 Å². The first-order chi connectivity index (χ1) is 9.10. The molecule has 0 aliphatic rings. The van der Waals surface area contributed by atoms with Gasteiger partial charge in [-0.3, -0.25) is 9.59 Å². The van der Waals surface area contributed by atoms with Crippen LogP contribution in [0, 0.1) is 0 Å². The summed E-state index contributed by atoms with van der Waals surface area (Å²) in [6.07, 6.45) is 2.19. The predicted molar refractivity (Wildman–Crippen MR) is 72.6 cm³/mol. The van der Waals surface area contributed by atoms with Gasteiger partial charge in [0.1, 0.15) is 0 Å². The molecule has 6 nitrogen and oxygen atoms in total. The lowest BCUT2D eigenvalue weighted by Gasteiger charge is -2.21. The summed E-state index contributed by atoms with van der Waals surface area (Å²) in [6.45, 7) is 5.41. The first kappa shape index (κ1) is 17.9. The molecule has 19 heavy (non-hydrogen) atoms. The van der Waals surface area contributed by atoms with Crippen LogP contribution in [0.2, 0.25) is 0 Å². The minimum absolute atomic E-state index is 0.158. The summed E-state index contributed by atoms with van der Waals surface area (Å²) in [6, 6.07) is 0. The molecule has 0 saturated carbocycles. The van der Waals surface area contributed by atoms with Crippen LogP contribution < -0.4 is 5.32 Å². The third-order valence-corrected chi connectivity index (χ3v) is 2.71. The van der Waals surface area contributed by atoms with E-state index in [0.717, 1.165) is 19.3 Å². The average molecular weight is 274 g/mol. The number of unbranched alkanes of at least 4 members (excludes halogenated alkanes) is 1. The lowest BCUT2D eigenvalue weighted by atomic mass is 10.3. The number of nitrogens with zero attached hydrogens (tertiary/aromatic N) is 1. The van der Waals surface area contributed by atoms with Crippen LogP contribution in [0.3, 0.4) is 0 Å². The molecule has 0 aromatic carbocycles. The monoisotopic (exact) mass is 274 g/mol. The van der Waals surface area contributed by atoms with Crippen LogP contribution in [0.4, 0.5) is 0 Å². The average Bonchev–Trinajstić information content (AvgIpc) is 2.43. The maximum absolute atomic E-state index is 12.0. The van der Waals surface area contributed by atoms with Gasteiger partial charge in [0.25, 0.3) is 0 Å². The maximum atomic E-state index is 12.0. The zero-order valence-electron chi connectivity index (χ0n) is 12.4. The van der Waals surface area contributed by atoms with Crippen molar-refractivity contribution in [3.8, 4) is 0 Å². The number of nitrogens with one attached hydrogen (secondary N) is 1. The molecule has 0 saturated heterocycles. The van der Waals surface area contributed by atoms with Gasteiger partial charge in [-0.15, -0.1) is 0 Å². The molecular formula is C13H26N2O4. The number of hydrogen-bond donors (Lipinski definition) is 1. The van der Waals surface area contributed by atoms with Crippen molar-refractivity contribution in [2.75, 3.05) is 33.9 Å². The molecule has 6 heteroatoms. The Hall–Kier alpha value is -1.14. The zero-order valence-corrected chi connectivity index (χ0v) is 12.4. The van der Waals surface area contributed by atoms with Crippen LogP contribution in [0.5, 0.6) is 0 Å². The second-order valence-electron chi connectivity index (χ2n) is 4.26. The summed E-state index contributed by atoms with van der Waals surface area (Å²) in [7, 11) is 2.96. The Bertz CT molecular complexity index is 267. The molecule has 0 aromatic heterocycles. The van der Waals surface area contributed by atoms with Crippen molar-refractivity contribution in [2.24, 2.45) is 0 Å². The number of carbonyl (C=O) groups is 2. The highest BCUT2D eigenvalue weighted by molar-refractivity contribution is 6.35. The minimum Gasteiger partial charge on any atom is -0.354 e. The van der Waals surface area contributed by atoms with Gasteiger partial charge >= 0.3 is 11.8 Å². The van der Waals surface area contributed by atoms with Crippen LogP contribution in [-0.4, -0.2) is 56.9 Å². The van der Waals surface area contributed by atoms with E-state index >= 15 is 0 Å². The molecule has 0 aliphatic carbocycles. The molecule has 112 valence electrons. The van der Waals surface area contributed by atoms with Gasteiger partial charge in [-0.05, 0) is 12.8 Å². The third kappa shape index (κ3) is 7.12. The number of ether oxygens (including phenoxy) is 2. The highest BCUT2D eigenvalue weighted by Crippen LogP contribution is 1.98. The minimum atomic E-state index is -0.608. The molecule has 2 amide bonds. The van der Waals surface area contributed by atoms with Crippen molar-refractivity contribution in [2.45, 2.75) is 39.4 Å². The van der Waals surface area contributed by atoms with Crippen LogP contribution in [0.25, 0.3) is 0 Å². The van der Waals surface area contributed by atoms with Gasteiger partial charge in [0.15, 0.2) is 6.29 Å². The van der Waals surface area contributed by atoms with Crippen molar-refractivity contribution >= 4 is 11.8 Å². The molecule has 0 atom stereocenters. The lowest BCUT2D eigenvalue weighted by molar-refractivity contribution is -0.147. The smallest absolute Gasteiger partial charge is 0.311 e. The SMILES string of the molecule is CCCCN(CCC)C(=O)C(=O)NCC(OC)OC. The van der Waals surface area contributed by atoms with Gasteiger partial charge in [-0.2, -0.15) is 0 Å². The van der Waals surface area contributed by atoms with Crippen molar-refractivity contribution in [1.29, 1.82) is 0 Å². The van der Waals surface area contributed by atoms with Crippen molar-refractivity contribution in [3.05, 3.63) is 0 Å². The van der Waals surface area contributed by atoms with E-state index < -0.39 is 18.1 Å². The van der Waals surface area contributed by atoms with Crippen molar-refractivity contribution in [1.82, 2.24) is 10.2 Å². The van der Waals surface area contributed by atoms with Gasteiger partial charge in [0.2, 0.25) is 0 Å². The Morgan fingerprint density at radius 2 is 1.74 bits per heavy atom. The Kier molecular flexibility index (Phi) is 10.1. The Balaban J connectivity index is 4.28. The topological polar surface area (TPSA) is 67.9 Å². The maximum Gasteiger partial charge on any atom is 0.311 e. The molecule has 0 rings (SSSR count). The normalized spacial score (nSPS) is 10.6. The van der Waals surface area contributed by atoms with E-state index in [4.69, 9.17) is 9.47 Å². The Morgan fingerprint density at radius 1 is 1.11 bits per heavy atom. The molecule has 0 spiro atoms. The van der Waals surface area contributed by atoms with Crippen molar-refractivity contribution in [3.63, 3.8) is 0 Å². The summed E-state index contributed by atoms with van der Waals surface area (Å²) in [5.41, 5.74) is 0. The van der Waals surface area contributed by atoms with Gasteiger partial charge < -0.3 is 19.7 Å². The van der Waals surface area contributed by atoms with Crippen LogP contribution in [0.1, 0.15) is 33.1 Å². The fourth-order valence-corrected chi connectivity index (χ4v) is 1.59. The van der Waals surface area contributed by atoms with E-state index in [0.29, 0.717) is 13.1 Å². The molecule has 0 fully saturated rings. The third-order valence-electron chi connectivity index (χ3n) is 2.71. The fraction of sp³-hybridized carbons (Fsp3) is 0.846. The molecular weight excluding hydrogens is 248 g/mol. The summed E-state index contributed by atoms with van der Waals surface area (Å²) < 4.78 is 9.88. The van der Waals surface area contributed by atoms with Crippen molar-refractivity contribution < 1.29 is 19.1 Å². The summed E-state index contributed by atoms with van der Waals surface area (Å²) >= 11 is 0. The highest BCUT2D eigenvalue weighted by atomic mass is 16.7. The largest absolute Gasteiger partial charge is 0.354 e. The lowest BCUT2D eigenvalue weighted by Crippen LogP contribution is -2.46. The highest BCUT2D eigenvalue weighted by Gasteiger charge is 2.21. The molecule has 0 unspecified atom stereocenters. The summed E-state index contributed by atoms with van der Waals surface area (Å²) in [5, 5.41) is 2.52. The second kappa shape index (κ2) is 10.8. The molecule has 0 heterocycles. The first-order valence-electron chi connectivity index (χ1n) is 6.73. The van der Waals surface area contributed by atoms with E-state index in [-0.39, 0.29) is 6.54 Å². The van der Waals surface area contributed by atoms with E-state index in [1.807, 2.05) is 6.92 Å².